The van der Waals surface area contributed by atoms with Gasteiger partial charge in [0.2, 0.25) is 16.8 Å². The van der Waals surface area contributed by atoms with E-state index in [1.165, 1.54) is 18.2 Å². The molecule has 138 valence electrons. The van der Waals surface area contributed by atoms with E-state index >= 15 is 0 Å². The summed E-state index contributed by atoms with van der Waals surface area (Å²) in [6, 6.07) is 9.41. The van der Waals surface area contributed by atoms with Crippen molar-refractivity contribution in [1.29, 1.82) is 0 Å². The van der Waals surface area contributed by atoms with Crippen LogP contribution in [0.1, 0.15) is 22.8 Å². The van der Waals surface area contributed by atoms with Crippen LogP contribution in [0.5, 0.6) is 11.5 Å². The van der Waals surface area contributed by atoms with Gasteiger partial charge in [0.25, 0.3) is 0 Å². The zero-order valence-corrected chi connectivity index (χ0v) is 16.2. The van der Waals surface area contributed by atoms with Crippen LogP contribution in [0.25, 0.3) is 0 Å². The third-order valence-electron chi connectivity index (χ3n) is 3.64. The molecule has 0 atom stereocenters. The molecule has 1 aliphatic heterocycles. The Balaban J connectivity index is 1.74. The van der Waals surface area contributed by atoms with Crippen molar-refractivity contribution in [2.45, 2.75) is 18.4 Å². The smallest absolute Gasteiger partial charge is 0.338 e. The third-order valence-corrected chi connectivity index (χ3v) is 6.01. The SMILES string of the molecule is CCOC(=O)c1ccc(S(=O)(=O)NCc2ccc3c(c2)OCO3)c(Br)c1. The van der Waals surface area contributed by atoms with Crippen LogP contribution in [0, 0.1) is 0 Å². The molecule has 2 aromatic rings. The predicted molar refractivity (Wildman–Crippen MR) is 96.7 cm³/mol. The molecule has 26 heavy (non-hydrogen) atoms. The molecule has 0 spiro atoms. The summed E-state index contributed by atoms with van der Waals surface area (Å²) >= 11 is 3.21. The Hall–Kier alpha value is -2.10. The van der Waals surface area contributed by atoms with Crippen molar-refractivity contribution in [3.63, 3.8) is 0 Å². The monoisotopic (exact) mass is 441 g/mol. The van der Waals surface area contributed by atoms with Crippen molar-refractivity contribution in [3.8, 4) is 11.5 Å². The molecule has 1 aliphatic rings. The zero-order valence-electron chi connectivity index (χ0n) is 13.8. The summed E-state index contributed by atoms with van der Waals surface area (Å²) in [5.74, 6) is 0.709. The van der Waals surface area contributed by atoms with E-state index in [9.17, 15) is 13.2 Å². The van der Waals surface area contributed by atoms with Gasteiger partial charge in [-0.2, -0.15) is 0 Å². The number of fused-ring (bicyclic) bond motifs is 1. The fourth-order valence-electron chi connectivity index (χ4n) is 2.37. The number of rotatable bonds is 6. The number of halogens is 1. The maximum Gasteiger partial charge on any atom is 0.338 e. The molecule has 1 heterocycles. The molecule has 3 rings (SSSR count). The molecule has 0 aromatic heterocycles. The Morgan fingerprint density at radius 3 is 2.69 bits per heavy atom. The number of carbonyl (C=O) groups excluding carboxylic acids is 1. The number of ether oxygens (including phenoxy) is 3. The van der Waals surface area contributed by atoms with Gasteiger partial charge in [-0.25, -0.2) is 17.9 Å². The predicted octanol–water partition coefficient (Wildman–Crippen LogP) is 2.83. The van der Waals surface area contributed by atoms with Crippen molar-refractivity contribution in [2.75, 3.05) is 13.4 Å². The van der Waals surface area contributed by atoms with Crippen LogP contribution in [-0.2, 0) is 21.3 Å². The molecule has 0 fully saturated rings. The molecule has 1 N–H and O–H groups in total. The summed E-state index contributed by atoms with van der Waals surface area (Å²) in [4.78, 5) is 11.8. The van der Waals surface area contributed by atoms with Crippen molar-refractivity contribution in [2.24, 2.45) is 0 Å². The first-order valence-electron chi connectivity index (χ1n) is 7.75. The van der Waals surface area contributed by atoms with Crippen LogP contribution in [0.3, 0.4) is 0 Å². The van der Waals surface area contributed by atoms with Gasteiger partial charge >= 0.3 is 5.97 Å². The first-order chi connectivity index (χ1) is 12.4. The summed E-state index contributed by atoms with van der Waals surface area (Å²) in [5.41, 5.74) is 1.01. The van der Waals surface area contributed by atoms with E-state index in [0.717, 1.165) is 5.56 Å². The van der Waals surface area contributed by atoms with Crippen molar-refractivity contribution in [1.82, 2.24) is 4.72 Å². The van der Waals surface area contributed by atoms with Crippen LogP contribution in [0.15, 0.2) is 45.8 Å². The van der Waals surface area contributed by atoms with Gasteiger partial charge in [-0.05, 0) is 58.7 Å². The van der Waals surface area contributed by atoms with Gasteiger partial charge in [0.15, 0.2) is 11.5 Å². The highest BCUT2D eigenvalue weighted by Gasteiger charge is 2.20. The first kappa shape index (κ1) is 18.7. The minimum absolute atomic E-state index is 0.0336. The standard InChI is InChI=1S/C17H16BrNO6S/c1-2-23-17(20)12-4-6-16(13(18)8-12)26(21,22)19-9-11-3-5-14-15(7-11)25-10-24-14/h3-8,19H,2,9-10H2,1H3. The lowest BCUT2D eigenvalue weighted by atomic mass is 10.2. The minimum atomic E-state index is -3.78. The van der Waals surface area contributed by atoms with E-state index in [4.69, 9.17) is 14.2 Å². The Morgan fingerprint density at radius 2 is 1.96 bits per heavy atom. The summed E-state index contributed by atoms with van der Waals surface area (Å²) in [6.45, 7) is 2.19. The number of carbonyl (C=O) groups is 1. The van der Waals surface area contributed by atoms with Crippen LogP contribution in [-0.4, -0.2) is 27.8 Å². The minimum Gasteiger partial charge on any atom is -0.462 e. The average Bonchev–Trinajstić information content (AvgIpc) is 3.07. The fourth-order valence-corrected chi connectivity index (χ4v) is 4.46. The molecular formula is C17H16BrNO6S. The number of esters is 1. The molecule has 0 bridgehead atoms. The molecule has 0 unspecified atom stereocenters. The molecule has 0 saturated carbocycles. The Morgan fingerprint density at radius 1 is 1.19 bits per heavy atom. The number of nitrogens with one attached hydrogen (secondary N) is 1. The van der Waals surface area contributed by atoms with Crippen molar-refractivity contribution in [3.05, 3.63) is 52.0 Å². The Bertz CT molecular complexity index is 944. The van der Waals surface area contributed by atoms with E-state index in [1.54, 1.807) is 25.1 Å². The highest BCUT2D eigenvalue weighted by atomic mass is 79.9. The second kappa shape index (κ2) is 7.65. The van der Waals surface area contributed by atoms with E-state index < -0.39 is 16.0 Å². The first-order valence-corrected chi connectivity index (χ1v) is 10.0. The summed E-state index contributed by atoms with van der Waals surface area (Å²) in [7, 11) is -3.78. The molecule has 0 radical (unpaired) electrons. The van der Waals surface area contributed by atoms with Gasteiger partial charge < -0.3 is 14.2 Å². The average molecular weight is 442 g/mol. The lowest BCUT2D eigenvalue weighted by Crippen LogP contribution is -2.23. The van der Waals surface area contributed by atoms with Gasteiger partial charge in [0, 0.05) is 11.0 Å². The van der Waals surface area contributed by atoms with Crippen molar-refractivity contribution >= 4 is 31.9 Å². The topological polar surface area (TPSA) is 90.9 Å². The fraction of sp³-hybridized carbons (Fsp3) is 0.235. The highest BCUT2D eigenvalue weighted by molar-refractivity contribution is 9.10. The van der Waals surface area contributed by atoms with E-state index in [1.807, 2.05) is 0 Å². The molecule has 2 aromatic carbocycles. The molecule has 0 saturated heterocycles. The molecule has 7 nitrogen and oxygen atoms in total. The number of hydrogen-bond acceptors (Lipinski definition) is 6. The van der Waals surface area contributed by atoms with Gasteiger partial charge in [0.05, 0.1) is 17.1 Å². The lowest BCUT2D eigenvalue weighted by Gasteiger charge is -2.10. The third kappa shape index (κ3) is 4.00. The zero-order chi connectivity index (χ0) is 18.7. The maximum atomic E-state index is 12.6. The lowest BCUT2D eigenvalue weighted by molar-refractivity contribution is 0.0526. The number of hydrogen-bond donors (Lipinski definition) is 1. The second-order valence-electron chi connectivity index (χ2n) is 5.38. The van der Waals surface area contributed by atoms with Gasteiger partial charge in [0.1, 0.15) is 0 Å². The van der Waals surface area contributed by atoms with E-state index in [-0.39, 0.29) is 34.9 Å². The summed E-state index contributed by atoms with van der Waals surface area (Å²) in [5, 5.41) is 0. The number of benzene rings is 2. The van der Waals surface area contributed by atoms with Crippen LogP contribution in [0.2, 0.25) is 0 Å². The summed E-state index contributed by atoms with van der Waals surface area (Å²) < 4.78 is 43.3. The van der Waals surface area contributed by atoms with Crippen molar-refractivity contribution < 1.29 is 27.4 Å². The molecule has 0 amide bonds. The van der Waals surface area contributed by atoms with Crippen LogP contribution in [0.4, 0.5) is 0 Å². The quantitative estimate of drug-likeness (QED) is 0.692. The van der Waals surface area contributed by atoms with Gasteiger partial charge in [-0.15, -0.1) is 0 Å². The van der Waals surface area contributed by atoms with Crippen LogP contribution >= 0.6 is 15.9 Å². The highest BCUT2D eigenvalue weighted by Crippen LogP contribution is 2.32. The molecule has 0 aliphatic carbocycles. The number of sulfonamides is 1. The second-order valence-corrected chi connectivity index (χ2v) is 7.97. The summed E-state index contributed by atoms with van der Waals surface area (Å²) in [6.07, 6.45) is 0. The van der Waals surface area contributed by atoms with E-state index in [0.29, 0.717) is 11.5 Å². The normalized spacial score (nSPS) is 12.8. The largest absolute Gasteiger partial charge is 0.462 e. The maximum absolute atomic E-state index is 12.6. The molecule has 9 heteroatoms. The van der Waals surface area contributed by atoms with Gasteiger partial charge in [-0.3, -0.25) is 0 Å². The van der Waals surface area contributed by atoms with Crippen LogP contribution < -0.4 is 14.2 Å². The van der Waals surface area contributed by atoms with Gasteiger partial charge in [-0.1, -0.05) is 6.07 Å². The Kier molecular flexibility index (Phi) is 5.49. The Labute approximate surface area is 159 Å². The molecular weight excluding hydrogens is 426 g/mol. The van der Waals surface area contributed by atoms with E-state index in [2.05, 4.69) is 20.7 Å².